The zero-order valence-corrected chi connectivity index (χ0v) is 5.93. The molecule has 3 nitrogen and oxygen atoms in total. The highest BCUT2D eigenvalue weighted by atomic mass is 35.5. The first-order chi connectivity index (χ1) is 4.09. The molecule has 0 spiro atoms. The van der Waals surface area contributed by atoms with Crippen molar-refractivity contribution in [3.63, 3.8) is 0 Å². The van der Waals surface area contributed by atoms with Gasteiger partial charge in [0.2, 0.25) is 0 Å². The van der Waals surface area contributed by atoms with E-state index in [0.717, 1.165) is 0 Å². The Morgan fingerprint density at radius 1 is 1.56 bits per heavy atom. The predicted octanol–water partition coefficient (Wildman–Crippen LogP) is 0.483. The molecule has 2 N–H and O–H groups in total. The monoisotopic (exact) mass is 172 g/mol. The minimum absolute atomic E-state index is 0.535. The average molecular weight is 173 g/mol. The molecule has 0 aromatic carbocycles. The summed E-state index contributed by atoms with van der Waals surface area (Å²) in [6.07, 6.45) is 0. The van der Waals surface area contributed by atoms with Gasteiger partial charge >= 0.3 is 5.97 Å². The Bertz CT molecular complexity index is 104. The maximum absolute atomic E-state index is 10.0. The van der Waals surface area contributed by atoms with Crippen LogP contribution in [0, 0.1) is 5.92 Å². The molecule has 54 valence electrons. The SMILES string of the molecule is O=C(O)C(CO)C(Cl)Cl. The summed E-state index contributed by atoms with van der Waals surface area (Å²) < 4.78 is 0. The number of aliphatic carboxylic acids is 1. The van der Waals surface area contributed by atoms with Crippen molar-refractivity contribution in [2.75, 3.05) is 6.61 Å². The second-order valence-corrected chi connectivity index (χ2v) is 2.63. The summed E-state index contributed by atoms with van der Waals surface area (Å²) in [4.78, 5) is 8.99. The van der Waals surface area contributed by atoms with Crippen LogP contribution < -0.4 is 0 Å². The molecule has 0 radical (unpaired) electrons. The van der Waals surface area contributed by atoms with E-state index in [9.17, 15) is 4.79 Å². The van der Waals surface area contributed by atoms with Crippen LogP contribution in [0.5, 0.6) is 0 Å². The van der Waals surface area contributed by atoms with Gasteiger partial charge in [-0.1, -0.05) is 0 Å². The van der Waals surface area contributed by atoms with Gasteiger partial charge < -0.3 is 10.2 Å². The van der Waals surface area contributed by atoms with Crippen molar-refractivity contribution in [3.05, 3.63) is 0 Å². The Hall–Kier alpha value is 0.01000. The van der Waals surface area contributed by atoms with E-state index in [2.05, 4.69) is 0 Å². The van der Waals surface area contributed by atoms with Crippen molar-refractivity contribution >= 4 is 29.2 Å². The predicted molar refractivity (Wildman–Crippen MR) is 33.7 cm³/mol. The van der Waals surface area contributed by atoms with Crippen molar-refractivity contribution in [2.24, 2.45) is 5.92 Å². The molecule has 0 aliphatic carbocycles. The van der Waals surface area contributed by atoms with Crippen LogP contribution in [0.1, 0.15) is 0 Å². The fourth-order valence-electron chi connectivity index (χ4n) is 0.266. The number of alkyl halides is 2. The Morgan fingerprint density at radius 2 is 2.00 bits per heavy atom. The maximum atomic E-state index is 10.0. The second-order valence-electron chi connectivity index (χ2n) is 1.46. The first-order valence-electron chi connectivity index (χ1n) is 2.21. The van der Waals surface area contributed by atoms with E-state index in [1.807, 2.05) is 0 Å². The lowest BCUT2D eigenvalue weighted by Gasteiger charge is -2.07. The van der Waals surface area contributed by atoms with E-state index in [-0.39, 0.29) is 0 Å². The highest BCUT2D eigenvalue weighted by Crippen LogP contribution is 2.14. The lowest BCUT2D eigenvalue weighted by atomic mass is 10.2. The number of aliphatic hydroxyl groups is 1. The number of carbonyl (C=O) groups is 1. The molecule has 0 aromatic heterocycles. The summed E-state index contributed by atoms with van der Waals surface area (Å²) in [5.74, 6) is -2.26. The maximum Gasteiger partial charge on any atom is 0.311 e. The van der Waals surface area contributed by atoms with Crippen LogP contribution in [-0.4, -0.2) is 27.6 Å². The molecule has 0 saturated heterocycles. The molecule has 0 fully saturated rings. The molecule has 0 aliphatic heterocycles. The minimum atomic E-state index is -1.19. The van der Waals surface area contributed by atoms with Crippen LogP contribution in [0.4, 0.5) is 0 Å². The van der Waals surface area contributed by atoms with E-state index < -0.39 is 23.3 Å². The third-order valence-electron chi connectivity index (χ3n) is 0.818. The van der Waals surface area contributed by atoms with Crippen LogP contribution in [-0.2, 0) is 4.79 Å². The summed E-state index contributed by atoms with van der Waals surface area (Å²) in [5.41, 5.74) is 0. The van der Waals surface area contributed by atoms with Crippen LogP contribution in [0.25, 0.3) is 0 Å². The van der Waals surface area contributed by atoms with Crippen LogP contribution in [0.3, 0.4) is 0 Å². The highest BCUT2D eigenvalue weighted by molar-refractivity contribution is 6.45. The third kappa shape index (κ3) is 2.89. The van der Waals surface area contributed by atoms with Gasteiger partial charge in [0.05, 0.1) is 6.61 Å². The number of hydrogen-bond acceptors (Lipinski definition) is 2. The normalized spacial score (nSPS) is 13.8. The summed E-state index contributed by atoms with van der Waals surface area (Å²) in [6.45, 7) is -0.535. The molecule has 0 aromatic rings. The number of carboxylic acids is 1. The molecule has 0 heterocycles. The Labute approximate surface area is 62.2 Å². The van der Waals surface area contributed by atoms with Crippen LogP contribution in [0.2, 0.25) is 0 Å². The molecule has 5 heteroatoms. The second kappa shape index (κ2) is 3.93. The van der Waals surface area contributed by atoms with Crippen LogP contribution in [0.15, 0.2) is 0 Å². The van der Waals surface area contributed by atoms with E-state index in [1.165, 1.54) is 0 Å². The van der Waals surface area contributed by atoms with Gasteiger partial charge in [-0.25, -0.2) is 0 Å². The van der Waals surface area contributed by atoms with Gasteiger partial charge in [0.1, 0.15) is 10.8 Å². The van der Waals surface area contributed by atoms with Crippen molar-refractivity contribution in [1.82, 2.24) is 0 Å². The molecule has 1 unspecified atom stereocenters. The van der Waals surface area contributed by atoms with Crippen molar-refractivity contribution < 1.29 is 15.0 Å². The number of aliphatic hydroxyl groups excluding tert-OH is 1. The fraction of sp³-hybridized carbons (Fsp3) is 0.750. The molecule has 0 rings (SSSR count). The number of halogens is 2. The lowest BCUT2D eigenvalue weighted by molar-refractivity contribution is -0.142. The van der Waals surface area contributed by atoms with E-state index in [1.54, 1.807) is 0 Å². The van der Waals surface area contributed by atoms with E-state index >= 15 is 0 Å². The Kier molecular flexibility index (Phi) is 3.93. The molecule has 0 amide bonds. The largest absolute Gasteiger partial charge is 0.481 e. The third-order valence-corrected chi connectivity index (χ3v) is 1.43. The van der Waals surface area contributed by atoms with Crippen molar-refractivity contribution in [1.29, 1.82) is 0 Å². The molecule has 1 atom stereocenters. The fourth-order valence-corrected chi connectivity index (χ4v) is 0.640. The summed E-state index contributed by atoms with van der Waals surface area (Å²) >= 11 is 10.3. The van der Waals surface area contributed by atoms with E-state index in [4.69, 9.17) is 33.4 Å². The molecule has 0 aliphatic rings. The van der Waals surface area contributed by atoms with Gasteiger partial charge in [0.25, 0.3) is 0 Å². The zero-order valence-electron chi connectivity index (χ0n) is 4.42. The highest BCUT2D eigenvalue weighted by Gasteiger charge is 2.23. The number of hydrogen-bond donors (Lipinski definition) is 2. The van der Waals surface area contributed by atoms with Gasteiger partial charge in [-0.3, -0.25) is 4.79 Å². The number of carboxylic acid groups (broad SMARTS) is 1. The molecular formula is C4H6Cl2O3. The smallest absolute Gasteiger partial charge is 0.311 e. The van der Waals surface area contributed by atoms with E-state index in [0.29, 0.717) is 0 Å². The standard InChI is InChI=1S/C4H6Cl2O3/c5-3(6)2(1-7)4(8)9/h2-3,7H,1H2,(H,8,9). The van der Waals surface area contributed by atoms with Crippen molar-refractivity contribution in [3.8, 4) is 0 Å². The Balaban J connectivity index is 3.83. The van der Waals surface area contributed by atoms with Gasteiger partial charge in [0, 0.05) is 0 Å². The average Bonchev–Trinajstić information content (AvgIpc) is 1.64. The molecule has 0 saturated carbocycles. The molecule has 9 heavy (non-hydrogen) atoms. The van der Waals surface area contributed by atoms with Gasteiger partial charge in [-0.05, 0) is 0 Å². The molecular weight excluding hydrogens is 167 g/mol. The van der Waals surface area contributed by atoms with Gasteiger partial charge in [0.15, 0.2) is 0 Å². The summed E-state index contributed by atoms with van der Waals surface area (Å²) in [7, 11) is 0. The molecule has 0 bridgehead atoms. The number of rotatable bonds is 3. The first-order valence-corrected chi connectivity index (χ1v) is 3.08. The first kappa shape index (κ1) is 9.01. The van der Waals surface area contributed by atoms with Gasteiger partial charge in [-0.15, -0.1) is 23.2 Å². The quantitative estimate of drug-likeness (QED) is 0.610. The van der Waals surface area contributed by atoms with Gasteiger partial charge in [-0.2, -0.15) is 0 Å². The summed E-state index contributed by atoms with van der Waals surface area (Å²) in [5, 5.41) is 16.5. The summed E-state index contributed by atoms with van der Waals surface area (Å²) in [6, 6.07) is 0. The Morgan fingerprint density at radius 3 is 2.00 bits per heavy atom. The zero-order chi connectivity index (χ0) is 7.44. The lowest BCUT2D eigenvalue weighted by Crippen LogP contribution is -2.23. The minimum Gasteiger partial charge on any atom is -0.481 e. The topological polar surface area (TPSA) is 57.5 Å². The van der Waals surface area contributed by atoms with Crippen molar-refractivity contribution in [2.45, 2.75) is 4.84 Å². The van der Waals surface area contributed by atoms with Crippen LogP contribution >= 0.6 is 23.2 Å².